The van der Waals surface area contributed by atoms with E-state index in [1.54, 1.807) is 0 Å². The molecule has 0 bridgehead atoms. The van der Waals surface area contributed by atoms with Crippen LogP contribution in [0.1, 0.15) is 17.5 Å². The molecule has 23 heavy (non-hydrogen) atoms. The summed E-state index contributed by atoms with van der Waals surface area (Å²) in [6.45, 7) is 2.19. The van der Waals surface area contributed by atoms with Crippen LogP contribution in [0.15, 0.2) is 60.7 Å². The van der Waals surface area contributed by atoms with Crippen molar-refractivity contribution in [2.24, 2.45) is 0 Å². The number of benzene rings is 2. The smallest absolute Gasteiger partial charge is 0.215 e. The number of hydrogen-bond acceptors (Lipinski definition) is 3. The van der Waals surface area contributed by atoms with Crippen LogP contribution in [0.5, 0.6) is 0 Å². The summed E-state index contributed by atoms with van der Waals surface area (Å²) in [4.78, 5) is 2.20. The van der Waals surface area contributed by atoms with Crippen molar-refractivity contribution < 1.29 is 8.42 Å². The molecule has 0 amide bonds. The fraction of sp³-hybridized carbons (Fsp3) is 0.333. The van der Waals surface area contributed by atoms with E-state index in [4.69, 9.17) is 0 Å². The number of sulfonamides is 1. The summed E-state index contributed by atoms with van der Waals surface area (Å²) in [5, 5.41) is 0. The summed E-state index contributed by atoms with van der Waals surface area (Å²) in [6.07, 6.45) is 0.789. The van der Waals surface area contributed by atoms with E-state index in [1.807, 2.05) is 55.6 Å². The lowest BCUT2D eigenvalue weighted by molar-refractivity contribution is 0.322. The van der Waals surface area contributed by atoms with E-state index in [-0.39, 0.29) is 5.75 Å². The minimum atomic E-state index is -3.26. The van der Waals surface area contributed by atoms with E-state index < -0.39 is 10.0 Å². The molecule has 0 aliphatic carbocycles. The molecule has 0 heterocycles. The summed E-state index contributed by atoms with van der Waals surface area (Å²) < 4.78 is 26.7. The van der Waals surface area contributed by atoms with Gasteiger partial charge in [-0.05, 0) is 31.1 Å². The summed E-state index contributed by atoms with van der Waals surface area (Å²) >= 11 is 0. The van der Waals surface area contributed by atoms with Gasteiger partial charge in [-0.25, -0.2) is 13.1 Å². The Morgan fingerprint density at radius 2 is 1.48 bits per heavy atom. The van der Waals surface area contributed by atoms with Crippen molar-refractivity contribution in [1.82, 2.24) is 9.62 Å². The zero-order chi connectivity index (χ0) is 16.5. The van der Waals surface area contributed by atoms with Gasteiger partial charge in [0, 0.05) is 13.1 Å². The van der Waals surface area contributed by atoms with E-state index in [0.717, 1.165) is 25.1 Å². The van der Waals surface area contributed by atoms with Gasteiger partial charge in [0.05, 0.1) is 5.75 Å². The first kappa shape index (κ1) is 17.7. The molecule has 0 unspecified atom stereocenters. The van der Waals surface area contributed by atoms with E-state index in [2.05, 4.69) is 21.8 Å². The molecule has 0 atom stereocenters. The van der Waals surface area contributed by atoms with E-state index in [9.17, 15) is 8.42 Å². The lowest BCUT2D eigenvalue weighted by atomic mass is 10.2. The molecule has 1 N–H and O–H groups in total. The molecule has 0 saturated heterocycles. The van der Waals surface area contributed by atoms with Crippen molar-refractivity contribution in [3.05, 3.63) is 71.8 Å². The van der Waals surface area contributed by atoms with Gasteiger partial charge in [-0.15, -0.1) is 0 Å². The lowest BCUT2D eigenvalue weighted by Crippen LogP contribution is -2.29. The van der Waals surface area contributed by atoms with Crippen LogP contribution in [0.4, 0.5) is 0 Å². The normalized spacial score (nSPS) is 11.7. The second kappa shape index (κ2) is 8.82. The standard InChI is InChI=1S/C18H24N2O2S/c1-20(15-17-9-4-2-5-10-17)14-8-13-19-23(21,22)16-18-11-6-3-7-12-18/h2-7,9-12,19H,8,13-16H2,1H3. The Morgan fingerprint density at radius 1 is 0.913 bits per heavy atom. The molecule has 4 nitrogen and oxygen atoms in total. The van der Waals surface area contributed by atoms with Crippen LogP contribution in [0.2, 0.25) is 0 Å². The Hall–Kier alpha value is -1.69. The largest absolute Gasteiger partial charge is 0.302 e. The maximum absolute atomic E-state index is 12.0. The Balaban J connectivity index is 1.68. The van der Waals surface area contributed by atoms with Crippen molar-refractivity contribution in [2.45, 2.75) is 18.7 Å². The molecule has 0 spiro atoms. The fourth-order valence-corrected chi connectivity index (χ4v) is 3.58. The van der Waals surface area contributed by atoms with Crippen molar-refractivity contribution in [3.63, 3.8) is 0 Å². The zero-order valence-corrected chi connectivity index (χ0v) is 14.3. The Morgan fingerprint density at radius 3 is 2.09 bits per heavy atom. The van der Waals surface area contributed by atoms with Gasteiger partial charge in [-0.3, -0.25) is 0 Å². The molecular formula is C18H24N2O2S. The van der Waals surface area contributed by atoms with Crippen molar-refractivity contribution in [3.8, 4) is 0 Å². The van der Waals surface area contributed by atoms with Crippen molar-refractivity contribution >= 4 is 10.0 Å². The molecule has 0 radical (unpaired) electrons. The van der Waals surface area contributed by atoms with Crippen LogP contribution in [-0.4, -0.2) is 33.5 Å². The average Bonchev–Trinajstić information content (AvgIpc) is 2.53. The third-order valence-electron chi connectivity index (χ3n) is 3.53. The minimum absolute atomic E-state index is 0.0354. The zero-order valence-electron chi connectivity index (χ0n) is 13.5. The molecule has 124 valence electrons. The third-order valence-corrected chi connectivity index (χ3v) is 4.89. The van der Waals surface area contributed by atoms with Gasteiger partial charge >= 0.3 is 0 Å². The van der Waals surface area contributed by atoms with Crippen LogP contribution in [-0.2, 0) is 22.3 Å². The topological polar surface area (TPSA) is 49.4 Å². The van der Waals surface area contributed by atoms with Crippen molar-refractivity contribution in [2.75, 3.05) is 20.1 Å². The van der Waals surface area contributed by atoms with Gasteiger partial charge in [0.2, 0.25) is 10.0 Å². The highest BCUT2D eigenvalue weighted by Crippen LogP contribution is 2.05. The highest BCUT2D eigenvalue weighted by Gasteiger charge is 2.10. The van der Waals surface area contributed by atoms with Gasteiger partial charge in [0.1, 0.15) is 0 Å². The molecule has 2 aromatic carbocycles. The van der Waals surface area contributed by atoms with E-state index >= 15 is 0 Å². The maximum atomic E-state index is 12.0. The van der Waals surface area contributed by atoms with Crippen LogP contribution in [0.25, 0.3) is 0 Å². The van der Waals surface area contributed by atoms with Crippen molar-refractivity contribution in [1.29, 1.82) is 0 Å². The highest BCUT2D eigenvalue weighted by atomic mass is 32.2. The maximum Gasteiger partial charge on any atom is 0.215 e. The number of hydrogen-bond donors (Lipinski definition) is 1. The van der Waals surface area contributed by atoms with E-state index in [1.165, 1.54) is 5.56 Å². The molecule has 5 heteroatoms. The first-order chi connectivity index (χ1) is 11.1. The molecule has 2 rings (SSSR count). The van der Waals surface area contributed by atoms with Gasteiger partial charge in [-0.1, -0.05) is 60.7 Å². The first-order valence-corrected chi connectivity index (χ1v) is 9.44. The number of nitrogens with one attached hydrogen (secondary N) is 1. The SMILES string of the molecule is CN(CCCNS(=O)(=O)Cc1ccccc1)Cc1ccccc1. The van der Waals surface area contributed by atoms with Gasteiger partial charge in [-0.2, -0.15) is 0 Å². The quantitative estimate of drug-likeness (QED) is 0.718. The second-order valence-electron chi connectivity index (χ2n) is 5.72. The van der Waals surface area contributed by atoms with Crippen LogP contribution in [0.3, 0.4) is 0 Å². The molecule has 2 aromatic rings. The highest BCUT2D eigenvalue weighted by molar-refractivity contribution is 7.88. The lowest BCUT2D eigenvalue weighted by Gasteiger charge is -2.16. The summed E-state index contributed by atoms with van der Waals surface area (Å²) in [5.74, 6) is 0.0354. The molecule has 0 aliphatic rings. The fourth-order valence-electron chi connectivity index (χ4n) is 2.40. The summed E-state index contributed by atoms with van der Waals surface area (Å²) in [6, 6.07) is 19.5. The van der Waals surface area contributed by atoms with Gasteiger partial charge in [0.15, 0.2) is 0 Å². The molecule has 0 aliphatic heterocycles. The Kier molecular flexibility index (Phi) is 6.77. The molecule has 0 saturated carbocycles. The Labute approximate surface area is 139 Å². The average molecular weight is 332 g/mol. The monoisotopic (exact) mass is 332 g/mol. The van der Waals surface area contributed by atoms with Crippen LogP contribution < -0.4 is 4.72 Å². The molecule has 0 aromatic heterocycles. The molecule has 0 fully saturated rings. The number of rotatable bonds is 9. The predicted octanol–water partition coefficient (Wildman–Crippen LogP) is 2.63. The summed E-state index contributed by atoms with van der Waals surface area (Å²) in [7, 11) is -1.21. The predicted molar refractivity (Wildman–Crippen MR) is 94.5 cm³/mol. The van der Waals surface area contributed by atoms with E-state index in [0.29, 0.717) is 6.54 Å². The van der Waals surface area contributed by atoms with Gasteiger partial charge in [0.25, 0.3) is 0 Å². The molecular weight excluding hydrogens is 308 g/mol. The first-order valence-electron chi connectivity index (χ1n) is 7.79. The van der Waals surface area contributed by atoms with Crippen LogP contribution in [0, 0.1) is 0 Å². The Bertz CT molecular complexity index is 673. The summed E-state index contributed by atoms with van der Waals surface area (Å²) in [5.41, 5.74) is 2.07. The van der Waals surface area contributed by atoms with Gasteiger partial charge < -0.3 is 4.90 Å². The second-order valence-corrected chi connectivity index (χ2v) is 7.52. The van der Waals surface area contributed by atoms with Crippen LogP contribution >= 0.6 is 0 Å². The number of nitrogens with zero attached hydrogens (tertiary/aromatic N) is 1. The minimum Gasteiger partial charge on any atom is -0.302 e. The third kappa shape index (κ3) is 6.95.